The zero-order chi connectivity index (χ0) is 15.2. The van der Waals surface area contributed by atoms with Gasteiger partial charge in [0.25, 0.3) is 0 Å². The van der Waals surface area contributed by atoms with E-state index in [4.69, 9.17) is 0 Å². The summed E-state index contributed by atoms with van der Waals surface area (Å²) in [6.45, 7) is 8.49. The van der Waals surface area contributed by atoms with Crippen molar-refractivity contribution >= 4 is 5.91 Å². The second-order valence-electron chi connectivity index (χ2n) is 5.68. The van der Waals surface area contributed by atoms with Crippen LogP contribution in [0.1, 0.15) is 46.1 Å². The van der Waals surface area contributed by atoms with Crippen molar-refractivity contribution in [3.63, 3.8) is 0 Å². The van der Waals surface area contributed by atoms with Gasteiger partial charge >= 0.3 is 0 Å². The second kappa shape index (κ2) is 7.44. The SMILES string of the molecule is CCC(CC)N(CCO)C(=O)C(C)(C)c1ccccc1. The van der Waals surface area contributed by atoms with Gasteiger partial charge < -0.3 is 10.0 Å². The van der Waals surface area contributed by atoms with Crippen LogP contribution in [0, 0.1) is 0 Å². The standard InChI is InChI=1S/C17H27NO2/c1-5-15(6-2)18(12-13-19)16(20)17(3,4)14-10-8-7-9-11-14/h7-11,15,19H,5-6,12-13H2,1-4H3. The second-order valence-corrected chi connectivity index (χ2v) is 5.68. The molecule has 0 aromatic heterocycles. The largest absolute Gasteiger partial charge is 0.395 e. The Morgan fingerprint density at radius 3 is 2.20 bits per heavy atom. The van der Waals surface area contributed by atoms with E-state index < -0.39 is 5.41 Å². The van der Waals surface area contributed by atoms with E-state index in [0.29, 0.717) is 6.54 Å². The van der Waals surface area contributed by atoms with E-state index in [0.717, 1.165) is 18.4 Å². The van der Waals surface area contributed by atoms with Crippen LogP contribution < -0.4 is 0 Å². The zero-order valence-corrected chi connectivity index (χ0v) is 13.1. The Morgan fingerprint density at radius 1 is 1.20 bits per heavy atom. The highest BCUT2D eigenvalue weighted by molar-refractivity contribution is 5.87. The average Bonchev–Trinajstić information content (AvgIpc) is 2.47. The molecule has 112 valence electrons. The highest BCUT2D eigenvalue weighted by Gasteiger charge is 2.35. The predicted molar refractivity (Wildman–Crippen MR) is 82.6 cm³/mol. The number of hydrogen-bond acceptors (Lipinski definition) is 2. The lowest BCUT2D eigenvalue weighted by molar-refractivity contribution is -0.139. The molecule has 1 rings (SSSR count). The minimum absolute atomic E-state index is 0.00705. The van der Waals surface area contributed by atoms with Gasteiger partial charge in [-0.3, -0.25) is 4.79 Å². The number of carbonyl (C=O) groups excluding carboxylic acids is 1. The van der Waals surface area contributed by atoms with Crippen molar-refractivity contribution in [2.24, 2.45) is 0 Å². The topological polar surface area (TPSA) is 40.5 Å². The maximum atomic E-state index is 12.9. The summed E-state index contributed by atoms with van der Waals surface area (Å²) in [5, 5.41) is 9.27. The van der Waals surface area contributed by atoms with Crippen LogP contribution >= 0.6 is 0 Å². The van der Waals surface area contributed by atoms with Crippen LogP contribution in [0.25, 0.3) is 0 Å². The number of amides is 1. The van der Waals surface area contributed by atoms with Gasteiger partial charge in [-0.1, -0.05) is 44.2 Å². The van der Waals surface area contributed by atoms with Crippen molar-refractivity contribution in [2.75, 3.05) is 13.2 Å². The predicted octanol–water partition coefficient (Wildman–Crippen LogP) is 2.97. The lowest BCUT2D eigenvalue weighted by Gasteiger charge is -2.37. The fourth-order valence-electron chi connectivity index (χ4n) is 2.62. The summed E-state index contributed by atoms with van der Waals surface area (Å²) in [6.07, 6.45) is 1.82. The summed E-state index contributed by atoms with van der Waals surface area (Å²) in [6, 6.07) is 10.0. The summed E-state index contributed by atoms with van der Waals surface area (Å²) in [4.78, 5) is 14.8. The molecule has 3 heteroatoms. The Labute approximate surface area is 122 Å². The first kappa shape index (κ1) is 16.7. The van der Waals surface area contributed by atoms with E-state index in [9.17, 15) is 9.90 Å². The molecule has 20 heavy (non-hydrogen) atoms. The third-order valence-electron chi connectivity index (χ3n) is 4.02. The molecule has 1 amide bonds. The molecule has 1 aromatic carbocycles. The molecule has 0 unspecified atom stereocenters. The molecular formula is C17H27NO2. The molecule has 0 saturated heterocycles. The van der Waals surface area contributed by atoms with E-state index in [1.54, 1.807) is 0 Å². The average molecular weight is 277 g/mol. The number of aliphatic hydroxyl groups excluding tert-OH is 1. The maximum Gasteiger partial charge on any atom is 0.232 e. The first-order valence-corrected chi connectivity index (χ1v) is 7.46. The molecule has 0 fully saturated rings. The quantitative estimate of drug-likeness (QED) is 0.832. The van der Waals surface area contributed by atoms with Crippen molar-refractivity contribution in [1.29, 1.82) is 0 Å². The smallest absolute Gasteiger partial charge is 0.232 e. The van der Waals surface area contributed by atoms with E-state index in [1.165, 1.54) is 0 Å². The maximum absolute atomic E-state index is 12.9. The monoisotopic (exact) mass is 277 g/mol. The summed E-state index contributed by atoms with van der Waals surface area (Å²) in [7, 11) is 0. The van der Waals surface area contributed by atoms with Gasteiger partial charge in [-0.05, 0) is 32.3 Å². The molecule has 0 bridgehead atoms. The lowest BCUT2D eigenvalue weighted by Crippen LogP contribution is -2.49. The summed E-state index contributed by atoms with van der Waals surface area (Å²) in [5.41, 5.74) is 0.442. The van der Waals surface area contributed by atoms with Crippen LogP contribution in [0.3, 0.4) is 0 Å². The Balaban J connectivity index is 3.04. The third kappa shape index (κ3) is 3.60. The van der Waals surface area contributed by atoms with Gasteiger partial charge in [0.2, 0.25) is 5.91 Å². The van der Waals surface area contributed by atoms with Crippen molar-refractivity contribution in [3.8, 4) is 0 Å². The molecule has 0 saturated carbocycles. The highest BCUT2D eigenvalue weighted by atomic mass is 16.3. The number of rotatable bonds is 7. The normalized spacial score (nSPS) is 11.7. The molecule has 0 aliphatic heterocycles. The van der Waals surface area contributed by atoms with Crippen molar-refractivity contribution in [2.45, 2.75) is 52.0 Å². The summed E-state index contributed by atoms with van der Waals surface area (Å²) in [5.74, 6) is 0.0893. The number of benzene rings is 1. The molecule has 1 N–H and O–H groups in total. The van der Waals surface area contributed by atoms with Crippen molar-refractivity contribution in [1.82, 2.24) is 4.90 Å². The van der Waals surface area contributed by atoms with Crippen LogP contribution in [0.4, 0.5) is 0 Å². The lowest BCUT2D eigenvalue weighted by atomic mass is 9.82. The number of aliphatic hydroxyl groups is 1. The first-order valence-electron chi connectivity index (χ1n) is 7.46. The van der Waals surface area contributed by atoms with E-state index in [-0.39, 0.29) is 18.6 Å². The number of nitrogens with zero attached hydrogens (tertiary/aromatic N) is 1. The van der Waals surface area contributed by atoms with E-state index >= 15 is 0 Å². The number of hydrogen-bond donors (Lipinski definition) is 1. The molecule has 0 atom stereocenters. The van der Waals surface area contributed by atoms with Gasteiger partial charge in [0.15, 0.2) is 0 Å². The minimum Gasteiger partial charge on any atom is -0.395 e. The molecule has 1 aromatic rings. The summed E-state index contributed by atoms with van der Waals surface area (Å²) >= 11 is 0. The van der Waals surface area contributed by atoms with Gasteiger partial charge in [-0.25, -0.2) is 0 Å². The van der Waals surface area contributed by atoms with Crippen LogP contribution in [0.2, 0.25) is 0 Å². The molecule has 0 radical (unpaired) electrons. The molecule has 0 spiro atoms. The molecular weight excluding hydrogens is 250 g/mol. The molecule has 3 nitrogen and oxygen atoms in total. The van der Waals surface area contributed by atoms with E-state index in [1.807, 2.05) is 49.1 Å². The molecule has 0 heterocycles. The zero-order valence-electron chi connectivity index (χ0n) is 13.1. The van der Waals surface area contributed by atoms with Gasteiger partial charge in [0.1, 0.15) is 0 Å². The van der Waals surface area contributed by atoms with Crippen molar-refractivity contribution < 1.29 is 9.90 Å². The Bertz CT molecular complexity index is 410. The van der Waals surface area contributed by atoms with Gasteiger partial charge in [-0.2, -0.15) is 0 Å². The Hall–Kier alpha value is -1.35. The Kier molecular flexibility index (Phi) is 6.21. The fourth-order valence-corrected chi connectivity index (χ4v) is 2.62. The molecule has 0 aliphatic carbocycles. The fraction of sp³-hybridized carbons (Fsp3) is 0.588. The van der Waals surface area contributed by atoms with Crippen LogP contribution in [0.15, 0.2) is 30.3 Å². The van der Waals surface area contributed by atoms with Crippen LogP contribution in [-0.2, 0) is 10.2 Å². The van der Waals surface area contributed by atoms with Gasteiger partial charge in [0, 0.05) is 12.6 Å². The van der Waals surface area contributed by atoms with Crippen molar-refractivity contribution in [3.05, 3.63) is 35.9 Å². The number of carbonyl (C=O) groups is 1. The third-order valence-corrected chi connectivity index (χ3v) is 4.02. The molecule has 0 aliphatic rings. The van der Waals surface area contributed by atoms with Crippen LogP contribution in [0.5, 0.6) is 0 Å². The first-order chi connectivity index (χ1) is 9.48. The van der Waals surface area contributed by atoms with Gasteiger partial charge in [-0.15, -0.1) is 0 Å². The minimum atomic E-state index is -0.570. The van der Waals surface area contributed by atoms with Gasteiger partial charge in [0.05, 0.1) is 12.0 Å². The highest BCUT2D eigenvalue weighted by Crippen LogP contribution is 2.27. The van der Waals surface area contributed by atoms with E-state index in [2.05, 4.69) is 13.8 Å². The van der Waals surface area contributed by atoms with Crippen LogP contribution in [-0.4, -0.2) is 35.1 Å². The summed E-state index contributed by atoms with van der Waals surface area (Å²) < 4.78 is 0. The Morgan fingerprint density at radius 2 is 1.75 bits per heavy atom.